The van der Waals surface area contributed by atoms with E-state index >= 15 is 0 Å². The van der Waals surface area contributed by atoms with Crippen LogP contribution in [0.2, 0.25) is 0 Å². The Balaban J connectivity index is 2.98. The van der Waals surface area contributed by atoms with Crippen LogP contribution in [0.1, 0.15) is 26.3 Å². The molecule has 1 rings (SSSR count). The normalized spacial score (nSPS) is 13.3. The quantitative estimate of drug-likeness (QED) is 0.840. The van der Waals surface area contributed by atoms with E-state index in [9.17, 15) is 0 Å². The highest BCUT2D eigenvalue weighted by atomic mass is 16.5. The van der Waals surface area contributed by atoms with Crippen molar-refractivity contribution in [2.75, 3.05) is 20.8 Å². The van der Waals surface area contributed by atoms with Crippen molar-refractivity contribution in [1.29, 1.82) is 0 Å². The predicted molar refractivity (Wildman–Crippen MR) is 76.3 cm³/mol. The van der Waals surface area contributed by atoms with Crippen LogP contribution in [0.25, 0.3) is 6.08 Å². The van der Waals surface area contributed by atoms with E-state index in [0.29, 0.717) is 6.04 Å². The maximum absolute atomic E-state index is 5.26. The lowest BCUT2D eigenvalue weighted by molar-refractivity contribution is 0.394. The van der Waals surface area contributed by atoms with E-state index in [1.54, 1.807) is 14.2 Å². The van der Waals surface area contributed by atoms with E-state index < -0.39 is 0 Å². The lowest BCUT2D eigenvalue weighted by Crippen LogP contribution is -2.26. The Hall–Kier alpha value is -1.48. The van der Waals surface area contributed by atoms with Crippen molar-refractivity contribution in [3.8, 4) is 11.5 Å². The van der Waals surface area contributed by atoms with Gasteiger partial charge in [0.15, 0.2) is 0 Å². The third-order valence-corrected chi connectivity index (χ3v) is 2.96. The number of ether oxygens (including phenoxy) is 2. The fourth-order valence-electron chi connectivity index (χ4n) is 1.77. The standard InChI is InChI=1S/C15H23NO2/c1-6-16-12(3)11(2)7-13-8-14(17-4)10-15(9-13)18-5/h7-10,12,16H,6H2,1-5H3/b11-7+. The molecule has 0 fully saturated rings. The van der Waals surface area contributed by atoms with Crippen LogP contribution in [0.5, 0.6) is 11.5 Å². The van der Waals surface area contributed by atoms with Gasteiger partial charge in [-0.25, -0.2) is 0 Å². The second-order valence-corrected chi connectivity index (χ2v) is 4.31. The Bertz CT molecular complexity index is 391. The van der Waals surface area contributed by atoms with E-state index in [1.165, 1.54) is 5.57 Å². The molecule has 0 radical (unpaired) electrons. The molecule has 0 aliphatic rings. The Morgan fingerprint density at radius 1 is 1.22 bits per heavy atom. The SMILES string of the molecule is CCNC(C)/C(C)=C/c1cc(OC)cc(OC)c1. The predicted octanol–water partition coefficient (Wildman–Crippen LogP) is 3.11. The number of rotatable bonds is 6. The van der Waals surface area contributed by atoms with E-state index in [4.69, 9.17) is 9.47 Å². The highest BCUT2D eigenvalue weighted by Crippen LogP contribution is 2.24. The second-order valence-electron chi connectivity index (χ2n) is 4.31. The Morgan fingerprint density at radius 2 is 1.78 bits per heavy atom. The Kier molecular flexibility index (Phi) is 5.72. The van der Waals surface area contributed by atoms with E-state index in [-0.39, 0.29) is 0 Å². The molecule has 100 valence electrons. The van der Waals surface area contributed by atoms with Crippen molar-refractivity contribution < 1.29 is 9.47 Å². The van der Waals surface area contributed by atoms with Crippen molar-refractivity contribution in [2.24, 2.45) is 0 Å². The van der Waals surface area contributed by atoms with Gasteiger partial charge in [0.05, 0.1) is 14.2 Å². The molecule has 1 aromatic carbocycles. The van der Waals surface area contributed by atoms with Gasteiger partial charge in [-0.3, -0.25) is 0 Å². The summed E-state index contributed by atoms with van der Waals surface area (Å²) in [4.78, 5) is 0. The first-order chi connectivity index (χ1) is 8.60. The van der Waals surface area contributed by atoms with Crippen molar-refractivity contribution in [3.05, 3.63) is 29.3 Å². The number of nitrogens with one attached hydrogen (secondary N) is 1. The molecular formula is C15H23NO2. The average molecular weight is 249 g/mol. The summed E-state index contributed by atoms with van der Waals surface area (Å²) in [5.74, 6) is 1.62. The number of benzene rings is 1. The van der Waals surface area contributed by atoms with Gasteiger partial charge in [0.1, 0.15) is 11.5 Å². The Labute approximate surface area is 110 Å². The molecule has 1 atom stereocenters. The van der Waals surface area contributed by atoms with Crippen molar-refractivity contribution in [2.45, 2.75) is 26.8 Å². The molecule has 0 aliphatic carbocycles. The molecule has 18 heavy (non-hydrogen) atoms. The summed E-state index contributed by atoms with van der Waals surface area (Å²) in [6.45, 7) is 7.36. The summed E-state index contributed by atoms with van der Waals surface area (Å²) in [5.41, 5.74) is 2.38. The molecule has 0 saturated heterocycles. The summed E-state index contributed by atoms with van der Waals surface area (Å²) in [5, 5.41) is 3.39. The topological polar surface area (TPSA) is 30.5 Å². The summed E-state index contributed by atoms with van der Waals surface area (Å²) in [7, 11) is 3.33. The Morgan fingerprint density at radius 3 is 2.22 bits per heavy atom. The van der Waals surface area contributed by atoms with Gasteiger partial charge in [-0.2, -0.15) is 0 Å². The maximum Gasteiger partial charge on any atom is 0.123 e. The average Bonchev–Trinajstić information content (AvgIpc) is 2.38. The molecule has 1 aromatic rings. The molecule has 0 bridgehead atoms. The number of methoxy groups -OCH3 is 2. The lowest BCUT2D eigenvalue weighted by atomic mass is 10.1. The van der Waals surface area contributed by atoms with Gasteiger partial charge in [-0.15, -0.1) is 0 Å². The molecule has 0 heterocycles. The van der Waals surface area contributed by atoms with Gasteiger partial charge < -0.3 is 14.8 Å². The summed E-state index contributed by atoms with van der Waals surface area (Å²) in [6.07, 6.45) is 2.15. The molecule has 3 heteroatoms. The first-order valence-corrected chi connectivity index (χ1v) is 6.25. The van der Waals surface area contributed by atoms with Crippen LogP contribution >= 0.6 is 0 Å². The maximum atomic E-state index is 5.26. The van der Waals surface area contributed by atoms with Gasteiger partial charge in [-0.05, 0) is 38.1 Å². The number of likely N-dealkylation sites (N-methyl/N-ethyl adjacent to an activating group) is 1. The van der Waals surface area contributed by atoms with Crippen LogP contribution in [-0.2, 0) is 0 Å². The molecule has 0 spiro atoms. The van der Waals surface area contributed by atoms with Crippen LogP contribution in [0.3, 0.4) is 0 Å². The second kappa shape index (κ2) is 7.07. The molecule has 0 aliphatic heterocycles. The van der Waals surface area contributed by atoms with Crippen LogP contribution in [0, 0.1) is 0 Å². The summed E-state index contributed by atoms with van der Waals surface area (Å²) in [6, 6.07) is 6.25. The van der Waals surface area contributed by atoms with Crippen molar-refractivity contribution in [3.63, 3.8) is 0 Å². The molecular weight excluding hydrogens is 226 g/mol. The monoisotopic (exact) mass is 249 g/mol. The number of hydrogen-bond acceptors (Lipinski definition) is 3. The number of hydrogen-bond donors (Lipinski definition) is 1. The molecule has 3 nitrogen and oxygen atoms in total. The highest BCUT2D eigenvalue weighted by molar-refractivity contribution is 5.58. The van der Waals surface area contributed by atoms with Gasteiger partial charge in [-0.1, -0.05) is 18.6 Å². The fourth-order valence-corrected chi connectivity index (χ4v) is 1.77. The van der Waals surface area contributed by atoms with E-state index in [1.807, 2.05) is 18.2 Å². The van der Waals surface area contributed by atoms with Gasteiger partial charge in [0, 0.05) is 12.1 Å². The molecule has 0 amide bonds. The molecule has 0 aromatic heterocycles. The first kappa shape index (κ1) is 14.6. The minimum absolute atomic E-state index is 0.368. The third kappa shape index (κ3) is 4.08. The van der Waals surface area contributed by atoms with E-state index in [2.05, 4.69) is 32.2 Å². The highest BCUT2D eigenvalue weighted by Gasteiger charge is 2.04. The molecule has 1 unspecified atom stereocenters. The lowest BCUT2D eigenvalue weighted by Gasteiger charge is -2.13. The van der Waals surface area contributed by atoms with Crippen LogP contribution < -0.4 is 14.8 Å². The van der Waals surface area contributed by atoms with Crippen molar-refractivity contribution in [1.82, 2.24) is 5.32 Å². The van der Waals surface area contributed by atoms with Crippen molar-refractivity contribution >= 4 is 6.08 Å². The van der Waals surface area contributed by atoms with Gasteiger partial charge in [0.25, 0.3) is 0 Å². The minimum atomic E-state index is 0.368. The van der Waals surface area contributed by atoms with E-state index in [0.717, 1.165) is 23.6 Å². The third-order valence-electron chi connectivity index (χ3n) is 2.96. The zero-order chi connectivity index (χ0) is 13.5. The largest absolute Gasteiger partial charge is 0.497 e. The zero-order valence-corrected chi connectivity index (χ0v) is 11.9. The smallest absolute Gasteiger partial charge is 0.123 e. The summed E-state index contributed by atoms with van der Waals surface area (Å²) >= 11 is 0. The van der Waals surface area contributed by atoms with Gasteiger partial charge in [0.2, 0.25) is 0 Å². The molecule has 1 N–H and O–H groups in total. The fraction of sp³-hybridized carbons (Fsp3) is 0.467. The molecule has 0 saturated carbocycles. The zero-order valence-electron chi connectivity index (χ0n) is 11.9. The minimum Gasteiger partial charge on any atom is -0.497 e. The summed E-state index contributed by atoms with van der Waals surface area (Å²) < 4.78 is 10.5. The van der Waals surface area contributed by atoms with Crippen LogP contribution in [0.15, 0.2) is 23.8 Å². The first-order valence-electron chi connectivity index (χ1n) is 6.25. The van der Waals surface area contributed by atoms with Gasteiger partial charge >= 0.3 is 0 Å². The van der Waals surface area contributed by atoms with Crippen LogP contribution in [0.4, 0.5) is 0 Å². The van der Waals surface area contributed by atoms with Crippen LogP contribution in [-0.4, -0.2) is 26.8 Å².